The van der Waals surface area contributed by atoms with Crippen LogP contribution in [0.3, 0.4) is 0 Å². The zero-order chi connectivity index (χ0) is 13.9. The molecule has 1 rings (SSSR count). The monoisotopic (exact) mass is 249 g/mol. The molecule has 0 aliphatic carbocycles. The third-order valence-corrected chi connectivity index (χ3v) is 3.32. The summed E-state index contributed by atoms with van der Waals surface area (Å²) in [6.07, 6.45) is 3.46. The normalized spacial score (nSPS) is 12.7. The highest BCUT2D eigenvalue weighted by atomic mass is 16.1. The molecule has 0 radical (unpaired) electrons. The second kappa shape index (κ2) is 5.38. The maximum Gasteiger partial charge on any atom is 0.244 e. The Morgan fingerprint density at radius 2 is 2.11 bits per heavy atom. The fraction of sp³-hybridized carbons (Fsp3) is 0.571. The summed E-state index contributed by atoms with van der Waals surface area (Å²) in [5.74, 6) is -0.0503. The van der Waals surface area contributed by atoms with E-state index < -0.39 is 0 Å². The van der Waals surface area contributed by atoms with Crippen molar-refractivity contribution in [3.63, 3.8) is 0 Å². The second-order valence-corrected chi connectivity index (χ2v) is 5.67. The van der Waals surface area contributed by atoms with Crippen molar-refractivity contribution in [2.75, 3.05) is 0 Å². The summed E-state index contributed by atoms with van der Waals surface area (Å²) >= 11 is 0. The lowest BCUT2D eigenvalue weighted by molar-refractivity contribution is -0.116. The summed E-state index contributed by atoms with van der Waals surface area (Å²) < 4.78 is 1.80. The molecule has 0 saturated carbocycles. The minimum Gasteiger partial charge on any atom is -0.348 e. The van der Waals surface area contributed by atoms with E-state index in [0.29, 0.717) is 6.54 Å². The Bertz CT molecular complexity index is 464. The van der Waals surface area contributed by atoms with Gasteiger partial charge in [0.05, 0.1) is 6.20 Å². The van der Waals surface area contributed by atoms with Crippen LogP contribution < -0.4 is 5.32 Å². The summed E-state index contributed by atoms with van der Waals surface area (Å²) in [6.45, 7) is 10.8. The fourth-order valence-corrected chi connectivity index (χ4v) is 1.36. The Labute approximate surface area is 109 Å². The summed E-state index contributed by atoms with van der Waals surface area (Å²) in [5.41, 5.74) is 3.23. The molecule has 0 saturated heterocycles. The van der Waals surface area contributed by atoms with Gasteiger partial charge in [-0.1, -0.05) is 26.3 Å². The molecule has 0 aromatic carbocycles. The molecule has 0 atom stereocenters. The first-order valence-corrected chi connectivity index (χ1v) is 6.16. The first-order chi connectivity index (χ1) is 8.21. The molecule has 1 heterocycles. The van der Waals surface area contributed by atoms with Crippen LogP contribution in [-0.4, -0.2) is 15.7 Å². The molecule has 0 aliphatic rings. The molecule has 0 unspecified atom stereocenters. The highest BCUT2D eigenvalue weighted by molar-refractivity contribution is 5.88. The number of aryl methyl sites for hydroxylation is 1. The van der Waals surface area contributed by atoms with Crippen LogP contribution in [0.1, 0.15) is 39.0 Å². The van der Waals surface area contributed by atoms with Crippen LogP contribution in [0.4, 0.5) is 0 Å². The van der Waals surface area contributed by atoms with Crippen LogP contribution >= 0.6 is 0 Å². The minimum absolute atomic E-state index is 0.0293. The number of rotatable bonds is 3. The quantitative estimate of drug-likeness (QED) is 0.836. The Morgan fingerprint density at radius 3 is 2.56 bits per heavy atom. The molecule has 1 aromatic heterocycles. The zero-order valence-corrected chi connectivity index (χ0v) is 12.2. The molecule has 0 bridgehead atoms. The molecule has 4 nitrogen and oxygen atoms in total. The number of nitrogens with zero attached hydrogens (tertiary/aromatic N) is 2. The second-order valence-electron chi connectivity index (χ2n) is 5.67. The molecule has 1 aromatic rings. The smallest absolute Gasteiger partial charge is 0.244 e. The minimum atomic E-state index is -0.0503. The number of amides is 1. The van der Waals surface area contributed by atoms with Crippen molar-refractivity contribution in [3.8, 4) is 0 Å². The lowest BCUT2D eigenvalue weighted by atomic mass is 9.87. The molecule has 4 heteroatoms. The summed E-state index contributed by atoms with van der Waals surface area (Å²) in [7, 11) is 1.89. The van der Waals surface area contributed by atoms with E-state index in [9.17, 15) is 4.79 Å². The molecule has 18 heavy (non-hydrogen) atoms. The van der Waals surface area contributed by atoms with Gasteiger partial charge in [-0.3, -0.25) is 9.48 Å². The van der Waals surface area contributed by atoms with Gasteiger partial charge in [-0.2, -0.15) is 5.10 Å². The van der Waals surface area contributed by atoms with E-state index in [0.717, 1.165) is 16.8 Å². The van der Waals surface area contributed by atoms with Gasteiger partial charge in [0.15, 0.2) is 0 Å². The summed E-state index contributed by atoms with van der Waals surface area (Å²) in [5, 5.41) is 7.03. The number of allylic oxidation sites excluding steroid dienone is 1. The van der Waals surface area contributed by atoms with E-state index >= 15 is 0 Å². The van der Waals surface area contributed by atoms with E-state index in [4.69, 9.17) is 0 Å². The fourth-order valence-electron chi connectivity index (χ4n) is 1.36. The van der Waals surface area contributed by atoms with Crippen LogP contribution in [-0.2, 0) is 18.4 Å². The number of nitrogens with one attached hydrogen (secondary N) is 1. The van der Waals surface area contributed by atoms with Crippen molar-refractivity contribution in [2.45, 2.75) is 41.2 Å². The molecule has 0 spiro atoms. The first kappa shape index (κ1) is 14.5. The Hall–Kier alpha value is -1.58. The van der Waals surface area contributed by atoms with Crippen LogP contribution in [0.25, 0.3) is 0 Å². The molecule has 0 fully saturated rings. The number of hydrogen-bond acceptors (Lipinski definition) is 2. The van der Waals surface area contributed by atoms with Crippen molar-refractivity contribution in [2.24, 2.45) is 12.5 Å². The highest BCUT2D eigenvalue weighted by Gasteiger charge is 2.13. The van der Waals surface area contributed by atoms with Gasteiger partial charge < -0.3 is 5.32 Å². The van der Waals surface area contributed by atoms with Gasteiger partial charge >= 0.3 is 0 Å². The van der Waals surface area contributed by atoms with Gasteiger partial charge in [-0.25, -0.2) is 0 Å². The van der Waals surface area contributed by atoms with Crippen LogP contribution in [0.2, 0.25) is 0 Å². The van der Waals surface area contributed by atoms with E-state index in [1.807, 2.05) is 20.9 Å². The standard InChI is InChI=1S/C14H23N3O/c1-10(14(3,4)5)7-13(18)15-8-12-9-16-17(6)11(12)2/h7,9H,8H2,1-6H3,(H,15,18). The van der Waals surface area contributed by atoms with Crippen molar-refractivity contribution >= 4 is 5.91 Å². The van der Waals surface area contributed by atoms with E-state index in [1.165, 1.54) is 0 Å². The van der Waals surface area contributed by atoms with Crippen molar-refractivity contribution in [1.82, 2.24) is 15.1 Å². The Morgan fingerprint density at radius 1 is 1.50 bits per heavy atom. The largest absolute Gasteiger partial charge is 0.348 e. The van der Waals surface area contributed by atoms with Gasteiger partial charge in [0.25, 0.3) is 0 Å². The molecular formula is C14H23N3O. The van der Waals surface area contributed by atoms with E-state index in [2.05, 4.69) is 31.2 Å². The lowest BCUT2D eigenvalue weighted by Gasteiger charge is -2.19. The van der Waals surface area contributed by atoms with Crippen LogP contribution in [0, 0.1) is 12.3 Å². The predicted molar refractivity (Wildman–Crippen MR) is 73.0 cm³/mol. The van der Waals surface area contributed by atoms with Gasteiger partial charge in [-0.15, -0.1) is 0 Å². The number of aromatic nitrogens is 2. The lowest BCUT2D eigenvalue weighted by Crippen LogP contribution is -2.22. The molecule has 1 N–H and O–H groups in total. The molecule has 0 aliphatic heterocycles. The Balaban J connectivity index is 2.60. The summed E-state index contributed by atoms with van der Waals surface area (Å²) in [6, 6.07) is 0. The summed E-state index contributed by atoms with van der Waals surface area (Å²) in [4.78, 5) is 11.8. The van der Waals surface area contributed by atoms with Crippen molar-refractivity contribution in [1.29, 1.82) is 0 Å². The number of hydrogen-bond donors (Lipinski definition) is 1. The van der Waals surface area contributed by atoms with E-state index in [1.54, 1.807) is 17.0 Å². The van der Waals surface area contributed by atoms with Gasteiger partial charge in [-0.05, 0) is 19.3 Å². The highest BCUT2D eigenvalue weighted by Crippen LogP contribution is 2.23. The average Bonchev–Trinajstić information content (AvgIpc) is 2.56. The van der Waals surface area contributed by atoms with Crippen molar-refractivity contribution < 1.29 is 4.79 Å². The van der Waals surface area contributed by atoms with E-state index in [-0.39, 0.29) is 11.3 Å². The topological polar surface area (TPSA) is 46.9 Å². The maximum atomic E-state index is 11.8. The third kappa shape index (κ3) is 3.72. The maximum absolute atomic E-state index is 11.8. The first-order valence-electron chi connectivity index (χ1n) is 6.16. The van der Waals surface area contributed by atoms with Crippen LogP contribution in [0.5, 0.6) is 0 Å². The van der Waals surface area contributed by atoms with Gasteiger partial charge in [0.2, 0.25) is 5.91 Å². The van der Waals surface area contributed by atoms with Gasteiger partial charge in [0.1, 0.15) is 0 Å². The molecule has 100 valence electrons. The van der Waals surface area contributed by atoms with Crippen LogP contribution in [0.15, 0.2) is 17.8 Å². The molecule has 1 amide bonds. The predicted octanol–water partition coefficient (Wildman–Crippen LogP) is 2.34. The zero-order valence-electron chi connectivity index (χ0n) is 12.2. The third-order valence-electron chi connectivity index (χ3n) is 3.32. The molecular weight excluding hydrogens is 226 g/mol. The number of carbonyl (C=O) groups excluding carboxylic acids is 1. The van der Waals surface area contributed by atoms with Crippen molar-refractivity contribution in [3.05, 3.63) is 29.1 Å². The Kier molecular flexibility index (Phi) is 4.33. The van der Waals surface area contributed by atoms with Gasteiger partial charge in [0, 0.05) is 30.9 Å². The average molecular weight is 249 g/mol. The number of carbonyl (C=O) groups is 1. The SMILES string of the molecule is CC(=CC(=O)NCc1cnn(C)c1C)C(C)(C)C.